The quantitative estimate of drug-likeness (QED) is 0.755. The summed E-state index contributed by atoms with van der Waals surface area (Å²) < 4.78 is 12.9. The molecule has 0 bridgehead atoms. The van der Waals surface area contributed by atoms with Gasteiger partial charge in [0.05, 0.1) is 0 Å². The fourth-order valence-corrected chi connectivity index (χ4v) is 2.08. The molecule has 0 heterocycles. The first kappa shape index (κ1) is 12.8. The standard InChI is InChI=1S/C15H12ClFO/c16-13-5-1-11(2-6-13)15(9-10-18)12-3-7-14(17)8-4-12/h1-8,10,15H,9H2/t15-/m0/s1. The molecule has 0 amide bonds. The summed E-state index contributed by atoms with van der Waals surface area (Å²) in [6.45, 7) is 0. The first-order chi connectivity index (χ1) is 8.70. The average molecular weight is 263 g/mol. The Morgan fingerprint density at radius 3 is 2.00 bits per heavy atom. The highest BCUT2D eigenvalue weighted by molar-refractivity contribution is 6.30. The van der Waals surface area contributed by atoms with Crippen molar-refractivity contribution >= 4 is 17.9 Å². The van der Waals surface area contributed by atoms with E-state index in [1.54, 1.807) is 24.3 Å². The minimum atomic E-state index is -0.278. The van der Waals surface area contributed by atoms with Gasteiger partial charge in [0.1, 0.15) is 12.1 Å². The van der Waals surface area contributed by atoms with Crippen LogP contribution in [-0.2, 0) is 4.79 Å². The molecule has 0 aliphatic carbocycles. The van der Waals surface area contributed by atoms with Crippen molar-refractivity contribution in [3.8, 4) is 0 Å². The van der Waals surface area contributed by atoms with E-state index in [9.17, 15) is 9.18 Å². The molecule has 1 atom stereocenters. The lowest BCUT2D eigenvalue weighted by molar-refractivity contribution is -0.108. The fraction of sp³-hybridized carbons (Fsp3) is 0.133. The second kappa shape index (κ2) is 5.78. The smallest absolute Gasteiger partial charge is 0.123 e. The maximum absolute atomic E-state index is 12.9. The van der Waals surface area contributed by atoms with Gasteiger partial charge in [-0.2, -0.15) is 0 Å². The van der Waals surface area contributed by atoms with Crippen molar-refractivity contribution in [2.45, 2.75) is 12.3 Å². The van der Waals surface area contributed by atoms with Crippen LogP contribution < -0.4 is 0 Å². The molecule has 2 rings (SSSR count). The van der Waals surface area contributed by atoms with E-state index < -0.39 is 0 Å². The summed E-state index contributed by atoms with van der Waals surface area (Å²) in [6.07, 6.45) is 1.25. The number of hydrogen-bond acceptors (Lipinski definition) is 1. The van der Waals surface area contributed by atoms with E-state index in [2.05, 4.69) is 0 Å². The average Bonchev–Trinajstić information content (AvgIpc) is 2.39. The van der Waals surface area contributed by atoms with Crippen molar-refractivity contribution in [1.82, 2.24) is 0 Å². The molecule has 0 spiro atoms. The van der Waals surface area contributed by atoms with Gasteiger partial charge in [-0.05, 0) is 35.4 Å². The number of benzene rings is 2. The highest BCUT2D eigenvalue weighted by Gasteiger charge is 2.13. The normalized spacial score (nSPS) is 12.1. The van der Waals surface area contributed by atoms with Crippen molar-refractivity contribution in [1.29, 1.82) is 0 Å². The Morgan fingerprint density at radius 1 is 1.00 bits per heavy atom. The van der Waals surface area contributed by atoms with Gasteiger partial charge in [0, 0.05) is 17.4 Å². The third-order valence-corrected chi connectivity index (χ3v) is 3.13. The van der Waals surface area contributed by atoms with Crippen LogP contribution in [0.3, 0.4) is 0 Å². The van der Waals surface area contributed by atoms with E-state index in [4.69, 9.17) is 11.6 Å². The molecule has 2 aromatic rings. The number of carbonyl (C=O) groups is 1. The number of carbonyl (C=O) groups excluding carboxylic acids is 1. The topological polar surface area (TPSA) is 17.1 Å². The zero-order valence-electron chi connectivity index (χ0n) is 9.64. The fourth-order valence-electron chi connectivity index (χ4n) is 1.95. The number of hydrogen-bond donors (Lipinski definition) is 0. The Hall–Kier alpha value is -1.67. The minimum absolute atomic E-state index is 0.0552. The summed E-state index contributed by atoms with van der Waals surface area (Å²) in [6, 6.07) is 13.6. The molecular formula is C15H12ClFO. The molecule has 0 unspecified atom stereocenters. The van der Waals surface area contributed by atoms with E-state index in [-0.39, 0.29) is 11.7 Å². The van der Waals surface area contributed by atoms with Crippen LogP contribution in [0.5, 0.6) is 0 Å². The van der Waals surface area contributed by atoms with E-state index >= 15 is 0 Å². The van der Waals surface area contributed by atoms with Crippen LogP contribution in [0.2, 0.25) is 5.02 Å². The third-order valence-electron chi connectivity index (χ3n) is 2.88. The minimum Gasteiger partial charge on any atom is -0.303 e. The molecule has 0 radical (unpaired) electrons. The largest absolute Gasteiger partial charge is 0.303 e. The molecule has 18 heavy (non-hydrogen) atoms. The van der Waals surface area contributed by atoms with Crippen LogP contribution >= 0.6 is 11.6 Å². The maximum atomic E-state index is 12.9. The molecule has 0 saturated heterocycles. The second-order valence-electron chi connectivity index (χ2n) is 4.06. The van der Waals surface area contributed by atoms with Crippen molar-refractivity contribution < 1.29 is 9.18 Å². The highest BCUT2D eigenvalue weighted by atomic mass is 35.5. The van der Waals surface area contributed by atoms with Crippen LogP contribution in [0.15, 0.2) is 48.5 Å². The van der Waals surface area contributed by atoms with Crippen molar-refractivity contribution in [3.63, 3.8) is 0 Å². The second-order valence-corrected chi connectivity index (χ2v) is 4.49. The van der Waals surface area contributed by atoms with E-state index in [1.165, 1.54) is 12.1 Å². The summed E-state index contributed by atoms with van der Waals surface area (Å²) in [7, 11) is 0. The Bertz CT molecular complexity index is 474. The van der Waals surface area contributed by atoms with Gasteiger partial charge in [-0.25, -0.2) is 4.39 Å². The van der Waals surface area contributed by atoms with Gasteiger partial charge in [-0.15, -0.1) is 0 Å². The SMILES string of the molecule is O=CC[C@H](c1ccc(F)cc1)c1ccc(Cl)cc1. The Morgan fingerprint density at radius 2 is 1.50 bits per heavy atom. The molecule has 3 heteroatoms. The molecule has 2 aromatic carbocycles. The first-order valence-electron chi connectivity index (χ1n) is 5.65. The lowest BCUT2D eigenvalue weighted by atomic mass is 9.89. The zero-order valence-corrected chi connectivity index (χ0v) is 10.4. The van der Waals surface area contributed by atoms with Gasteiger partial charge >= 0.3 is 0 Å². The van der Waals surface area contributed by atoms with Crippen LogP contribution in [0.25, 0.3) is 0 Å². The van der Waals surface area contributed by atoms with E-state index in [0.717, 1.165) is 17.4 Å². The molecule has 0 N–H and O–H groups in total. The third kappa shape index (κ3) is 2.96. The Labute approximate surface area is 110 Å². The summed E-state index contributed by atoms with van der Waals surface area (Å²) >= 11 is 5.84. The van der Waals surface area contributed by atoms with Gasteiger partial charge in [0.25, 0.3) is 0 Å². The maximum Gasteiger partial charge on any atom is 0.123 e. The molecule has 0 aromatic heterocycles. The van der Waals surface area contributed by atoms with Crippen LogP contribution in [0, 0.1) is 5.82 Å². The predicted octanol–water partition coefficient (Wildman–Crippen LogP) is 4.20. The summed E-state index contributed by atoms with van der Waals surface area (Å²) in [4.78, 5) is 10.8. The highest BCUT2D eigenvalue weighted by Crippen LogP contribution is 2.28. The van der Waals surface area contributed by atoms with Gasteiger partial charge in [0.2, 0.25) is 0 Å². The summed E-state index contributed by atoms with van der Waals surface area (Å²) in [5.74, 6) is -0.333. The van der Waals surface area contributed by atoms with Gasteiger partial charge in [-0.3, -0.25) is 0 Å². The molecule has 0 aliphatic heterocycles. The zero-order chi connectivity index (χ0) is 13.0. The van der Waals surface area contributed by atoms with Crippen molar-refractivity contribution in [2.75, 3.05) is 0 Å². The van der Waals surface area contributed by atoms with E-state index in [1.807, 2.05) is 12.1 Å². The van der Waals surface area contributed by atoms with Crippen molar-refractivity contribution in [3.05, 3.63) is 70.5 Å². The predicted molar refractivity (Wildman–Crippen MR) is 70.4 cm³/mol. The number of aldehydes is 1. The monoisotopic (exact) mass is 262 g/mol. The number of halogens is 2. The lowest BCUT2D eigenvalue weighted by Crippen LogP contribution is -2.02. The summed E-state index contributed by atoms with van der Waals surface area (Å²) in [5, 5.41) is 0.655. The van der Waals surface area contributed by atoms with Crippen LogP contribution in [0.4, 0.5) is 4.39 Å². The molecule has 0 aliphatic rings. The molecular weight excluding hydrogens is 251 g/mol. The van der Waals surface area contributed by atoms with E-state index in [0.29, 0.717) is 11.4 Å². The first-order valence-corrected chi connectivity index (χ1v) is 6.03. The molecule has 92 valence electrons. The molecule has 0 saturated carbocycles. The van der Waals surface area contributed by atoms with Crippen LogP contribution in [-0.4, -0.2) is 6.29 Å². The van der Waals surface area contributed by atoms with Crippen molar-refractivity contribution in [2.24, 2.45) is 0 Å². The molecule has 0 fully saturated rings. The number of rotatable bonds is 4. The van der Waals surface area contributed by atoms with Gasteiger partial charge in [0.15, 0.2) is 0 Å². The Balaban J connectivity index is 2.35. The lowest BCUT2D eigenvalue weighted by Gasteiger charge is -2.15. The van der Waals surface area contributed by atoms with Crippen LogP contribution in [0.1, 0.15) is 23.5 Å². The van der Waals surface area contributed by atoms with Gasteiger partial charge < -0.3 is 4.79 Å². The molecule has 1 nitrogen and oxygen atoms in total. The summed E-state index contributed by atoms with van der Waals surface area (Å²) in [5.41, 5.74) is 1.92. The Kier molecular flexibility index (Phi) is 4.11. The van der Waals surface area contributed by atoms with Gasteiger partial charge in [-0.1, -0.05) is 35.9 Å².